The molecule has 0 heterocycles. The van der Waals surface area contributed by atoms with E-state index in [2.05, 4.69) is 27.3 Å². The molecule has 96 valence electrons. The van der Waals surface area contributed by atoms with Crippen molar-refractivity contribution in [1.29, 1.82) is 5.26 Å². The number of anilines is 1. The van der Waals surface area contributed by atoms with Gasteiger partial charge in [0.2, 0.25) is 0 Å². The Hall–Kier alpha value is -1.57. The van der Waals surface area contributed by atoms with Crippen molar-refractivity contribution in [3.05, 3.63) is 63.3 Å². The smallest absolute Gasteiger partial charge is 0.141 e. The van der Waals surface area contributed by atoms with Gasteiger partial charge in [0.15, 0.2) is 0 Å². The number of hydrogen-bond acceptors (Lipinski definition) is 2. The van der Waals surface area contributed by atoms with E-state index < -0.39 is 6.04 Å². The molecule has 0 saturated carbocycles. The first kappa shape index (κ1) is 13.9. The Morgan fingerprint density at radius 2 is 2.00 bits per heavy atom. The summed E-state index contributed by atoms with van der Waals surface area (Å²) in [5.41, 5.74) is 1.16. The van der Waals surface area contributed by atoms with Crippen LogP contribution in [-0.2, 0) is 0 Å². The summed E-state index contributed by atoms with van der Waals surface area (Å²) >= 11 is 9.34. The van der Waals surface area contributed by atoms with Gasteiger partial charge < -0.3 is 5.32 Å². The number of nitrogens with zero attached hydrogens (tertiary/aromatic N) is 1. The van der Waals surface area contributed by atoms with Gasteiger partial charge >= 0.3 is 0 Å². The van der Waals surface area contributed by atoms with Crippen LogP contribution in [0.4, 0.5) is 10.1 Å². The highest BCUT2D eigenvalue weighted by Gasteiger charge is 2.15. The largest absolute Gasteiger partial charge is 0.365 e. The SMILES string of the molecule is N#CC(Nc1ccccc1Cl)c1cc(F)ccc1Br. The van der Waals surface area contributed by atoms with Crippen LogP contribution in [0.5, 0.6) is 0 Å². The lowest BCUT2D eigenvalue weighted by atomic mass is 10.1. The molecular formula is C14H9BrClFN2. The summed E-state index contributed by atoms with van der Waals surface area (Å²) in [4.78, 5) is 0. The van der Waals surface area contributed by atoms with E-state index >= 15 is 0 Å². The fourth-order valence-corrected chi connectivity index (χ4v) is 2.31. The van der Waals surface area contributed by atoms with Crippen molar-refractivity contribution in [3.8, 4) is 6.07 Å². The maximum absolute atomic E-state index is 13.3. The molecule has 2 rings (SSSR count). The molecular weight excluding hydrogens is 331 g/mol. The summed E-state index contributed by atoms with van der Waals surface area (Å²) in [5.74, 6) is -0.389. The zero-order chi connectivity index (χ0) is 13.8. The predicted molar refractivity (Wildman–Crippen MR) is 77.5 cm³/mol. The lowest BCUT2D eigenvalue weighted by molar-refractivity contribution is 0.624. The molecule has 2 aromatic carbocycles. The van der Waals surface area contributed by atoms with Crippen molar-refractivity contribution in [3.63, 3.8) is 0 Å². The molecule has 0 radical (unpaired) electrons. The quantitative estimate of drug-likeness (QED) is 0.861. The number of hydrogen-bond donors (Lipinski definition) is 1. The first-order chi connectivity index (χ1) is 9.11. The fraction of sp³-hybridized carbons (Fsp3) is 0.0714. The summed E-state index contributed by atoms with van der Waals surface area (Å²) in [6.45, 7) is 0. The minimum atomic E-state index is -0.690. The monoisotopic (exact) mass is 338 g/mol. The van der Waals surface area contributed by atoms with Gasteiger partial charge in [0.05, 0.1) is 16.8 Å². The highest BCUT2D eigenvalue weighted by atomic mass is 79.9. The molecule has 0 amide bonds. The van der Waals surface area contributed by atoms with Gasteiger partial charge in [-0.2, -0.15) is 5.26 Å². The Balaban J connectivity index is 2.34. The van der Waals surface area contributed by atoms with Crippen LogP contribution in [0, 0.1) is 17.1 Å². The third-order valence-corrected chi connectivity index (χ3v) is 3.62. The summed E-state index contributed by atoms with van der Waals surface area (Å²) in [6, 6.07) is 12.7. The molecule has 0 spiro atoms. The summed E-state index contributed by atoms with van der Waals surface area (Å²) < 4.78 is 13.9. The molecule has 2 nitrogen and oxygen atoms in total. The van der Waals surface area contributed by atoms with Crippen LogP contribution in [0.1, 0.15) is 11.6 Å². The molecule has 1 atom stereocenters. The van der Waals surface area contributed by atoms with Crippen molar-refractivity contribution in [2.45, 2.75) is 6.04 Å². The summed E-state index contributed by atoms with van der Waals surface area (Å²) in [7, 11) is 0. The van der Waals surface area contributed by atoms with Gasteiger partial charge in [-0.05, 0) is 30.3 Å². The maximum atomic E-state index is 13.3. The van der Waals surface area contributed by atoms with Gasteiger partial charge in [-0.15, -0.1) is 0 Å². The number of benzene rings is 2. The molecule has 5 heteroatoms. The van der Waals surface area contributed by atoms with E-state index in [9.17, 15) is 9.65 Å². The number of para-hydroxylation sites is 1. The highest BCUT2D eigenvalue weighted by molar-refractivity contribution is 9.10. The molecule has 0 aliphatic carbocycles. The maximum Gasteiger partial charge on any atom is 0.141 e. The van der Waals surface area contributed by atoms with Crippen molar-refractivity contribution in [1.82, 2.24) is 0 Å². The summed E-state index contributed by atoms with van der Waals surface area (Å²) in [5, 5.41) is 12.7. The van der Waals surface area contributed by atoms with Crippen molar-refractivity contribution in [2.75, 3.05) is 5.32 Å². The van der Waals surface area contributed by atoms with Crippen LogP contribution in [-0.4, -0.2) is 0 Å². The number of halogens is 3. The number of rotatable bonds is 3. The van der Waals surface area contributed by atoms with Gasteiger partial charge in [0.1, 0.15) is 11.9 Å². The first-order valence-electron chi connectivity index (χ1n) is 5.47. The minimum absolute atomic E-state index is 0.389. The lowest BCUT2D eigenvalue weighted by Crippen LogP contribution is -2.09. The van der Waals surface area contributed by atoms with Crippen LogP contribution in [0.15, 0.2) is 46.9 Å². The van der Waals surface area contributed by atoms with E-state index in [0.29, 0.717) is 20.7 Å². The zero-order valence-electron chi connectivity index (χ0n) is 9.70. The molecule has 19 heavy (non-hydrogen) atoms. The predicted octanol–water partition coefficient (Wildman–Crippen LogP) is 4.92. The average molecular weight is 340 g/mol. The second-order valence-corrected chi connectivity index (χ2v) is 5.11. The Labute approximate surface area is 123 Å². The van der Waals surface area contributed by atoms with E-state index in [-0.39, 0.29) is 5.82 Å². The molecule has 0 aliphatic rings. The van der Waals surface area contributed by atoms with Gasteiger partial charge in [0, 0.05) is 10.0 Å². The third kappa shape index (κ3) is 3.25. The van der Waals surface area contributed by atoms with Crippen molar-refractivity contribution >= 4 is 33.2 Å². The van der Waals surface area contributed by atoms with E-state index in [1.54, 1.807) is 24.3 Å². The molecule has 1 N–H and O–H groups in total. The molecule has 0 fully saturated rings. The Morgan fingerprint density at radius 1 is 1.26 bits per heavy atom. The van der Waals surface area contributed by atoms with Crippen LogP contribution >= 0.6 is 27.5 Å². The van der Waals surface area contributed by atoms with Gasteiger partial charge in [-0.3, -0.25) is 0 Å². The topological polar surface area (TPSA) is 35.8 Å². The standard InChI is InChI=1S/C14H9BrClFN2/c15-11-6-5-9(17)7-10(11)14(8-18)19-13-4-2-1-3-12(13)16/h1-7,14,19H. The van der Waals surface area contributed by atoms with Gasteiger partial charge in [0.25, 0.3) is 0 Å². The second-order valence-electron chi connectivity index (χ2n) is 3.85. The first-order valence-corrected chi connectivity index (χ1v) is 6.64. The van der Waals surface area contributed by atoms with E-state index in [4.69, 9.17) is 11.6 Å². The third-order valence-electron chi connectivity index (χ3n) is 2.57. The van der Waals surface area contributed by atoms with E-state index in [1.807, 2.05) is 6.07 Å². The Morgan fingerprint density at radius 3 is 2.68 bits per heavy atom. The normalized spacial score (nSPS) is 11.7. The van der Waals surface area contributed by atoms with Crippen LogP contribution in [0.2, 0.25) is 5.02 Å². The molecule has 2 aromatic rings. The second kappa shape index (κ2) is 6.05. The lowest BCUT2D eigenvalue weighted by Gasteiger charge is -2.15. The fourth-order valence-electron chi connectivity index (χ4n) is 1.65. The van der Waals surface area contributed by atoms with Crippen molar-refractivity contribution < 1.29 is 4.39 Å². The van der Waals surface area contributed by atoms with Crippen LogP contribution in [0.25, 0.3) is 0 Å². The molecule has 0 aromatic heterocycles. The van der Waals surface area contributed by atoms with Crippen LogP contribution in [0.3, 0.4) is 0 Å². The molecule has 1 unspecified atom stereocenters. The average Bonchev–Trinajstić information content (AvgIpc) is 2.41. The van der Waals surface area contributed by atoms with E-state index in [0.717, 1.165) is 0 Å². The number of nitrogens with one attached hydrogen (secondary N) is 1. The summed E-state index contributed by atoms with van der Waals surface area (Å²) in [6.07, 6.45) is 0. The van der Waals surface area contributed by atoms with Crippen LogP contribution < -0.4 is 5.32 Å². The zero-order valence-corrected chi connectivity index (χ0v) is 12.0. The van der Waals surface area contributed by atoms with Gasteiger partial charge in [-0.25, -0.2) is 4.39 Å². The minimum Gasteiger partial charge on any atom is -0.365 e. The van der Waals surface area contributed by atoms with Gasteiger partial charge in [-0.1, -0.05) is 39.7 Å². The Bertz CT molecular complexity index is 640. The molecule has 0 saturated heterocycles. The van der Waals surface area contributed by atoms with Crippen molar-refractivity contribution in [2.24, 2.45) is 0 Å². The number of nitriles is 1. The Kier molecular flexibility index (Phi) is 4.41. The highest BCUT2D eigenvalue weighted by Crippen LogP contribution is 2.29. The van der Waals surface area contributed by atoms with E-state index in [1.165, 1.54) is 12.1 Å². The molecule has 0 aliphatic heterocycles. The molecule has 0 bridgehead atoms.